The lowest BCUT2D eigenvalue weighted by atomic mass is 9.92. The van der Waals surface area contributed by atoms with Crippen LogP contribution in [0.1, 0.15) is 32.1 Å². The van der Waals surface area contributed by atoms with Gasteiger partial charge in [0.25, 0.3) is 0 Å². The summed E-state index contributed by atoms with van der Waals surface area (Å²) in [6.45, 7) is 0. The molecule has 0 bridgehead atoms. The van der Waals surface area contributed by atoms with Crippen LogP contribution in [-0.2, 0) is 0 Å². The highest BCUT2D eigenvalue weighted by molar-refractivity contribution is 4.91. The van der Waals surface area contributed by atoms with Gasteiger partial charge >= 0.3 is 6.18 Å². The van der Waals surface area contributed by atoms with E-state index in [4.69, 9.17) is 5.73 Å². The summed E-state index contributed by atoms with van der Waals surface area (Å²) in [6.07, 6.45) is -3.50. The van der Waals surface area contributed by atoms with Crippen molar-refractivity contribution in [3.05, 3.63) is 0 Å². The number of hydrogen-bond donors (Lipinski definition) is 2. The topological polar surface area (TPSA) is 46.2 Å². The lowest BCUT2D eigenvalue weighted by molar-refractivity contribution is -0.265. The minimum atomic E-state index is -4.55. The Balaban J connectivity index is 2.75. The van der Waals surface area contributed by atoms with Crippen molar-refractivity contribution in [1.29, 1.82) is 0 Å². The van der Waals surface area contributed by atoms with Crippen LogP contribution in [0.25, 0.3) is 0 Å². The molecular weight excluding hydrogens is 183 g/mol. The van der Waals surface area contributed by atoms with E-state index in [0.29, 0.717) is 19.3 Å². The summed E-state index contributed by atoms with van der Waals surface area (Å²) in [5, 5.41) is 9.35. The highest BCUT2D eigenvalue weighted by Gasteiger charge is 2.53. The van der Waals surface area contributed by atoms with Crippen LogP contribution in [0.15, 0.2) is 0 Å². The minimum Gasteiger partial charge on any atom is -0.380 e. The van der Waals surface area contributed by atoms with Crippen LogP contribution < -0.4 is 5.73 Å². The monoisotopic (exact) mass is 197 g/mol. The molecule has 0 heterocycles. The summed E-state index contributed by atoms with van der Waals surface area (Å²) >= 11 is 0. The lowest BCUT2D eigenvalue weighted by Gasteiger charge is -2.30. The standard InChI is InChI=1S/C8H14F3NO/c9-8(10,11)7(13)4-2-1-3-6(12)5-7/h6,13H,1-5,12H2/t6-,7-/m0/s1. The van der Waals surface area contributed by atoms with Gasteiger partial charge in [-0.25, -0.2) is 0 Å². The Morgan fingerprint density at radius 1 is 1.31 bits per heavy atom. The van der Waals surface area contributed by atoms with Gasteiger partial charge in [0, 0.05) is 12.5 Å². The Hall–Kier alpha value is -0.290. The molecule has 1 fully saturated rings. The molecule has 0 aromatic rings. The van der Waals surface area contributed by atoms with E-state index in [9.17, 15) is 18.3 Å². The van der Waals surface area contributed by atoms with Crippen molar-refractivity contribution in [2.75, 3.05) is 0 Å². The molecule has 5 heteroatoms. The molecule has 3 N–H and O–H groups in total. The van der Waals surface area contributed by atoms with Crippen LogP contribution in [0.3, 0.4) is 0 Å². The van der Waals surface area contributed by atoms with Gasteiger partial charge in [0.1, 0.15) is 0 Å². The molecule has 1 saturated carbocycles. The maximum atomic E-state index is 12.4. The molecule has 0 aromatic carbocycles. The molecule has 0 saturated heterocycles. The molecule has 1 aliphatic carbocycles. The number of alkyl halides is 3. The van der Waals surface area contributed by atoms with Gasteiger partial charge < -0.3 is 10.8 Å². The van der Waals surface area contributed by atoms with Crippen molar-refractivity contribution in [2.45, 2.75) is 49.9 Å². The first-order valence-electron chi connectivity index (χ1n) is 4.40. The van der Waals surface area contributed by atoms with Gasteiger partial charge in [-0.1, -0.05) is 12.8 Å². The van der Waals surface area contributed by atoms with Crippen LogP contribution in [0.5, 0.6) is 0 Å². The number of rotatable bonds is 0. The van der Waals surface area contributed by atoms with Crippen molar-refractivity contribution in [3.8, 4) is 0 Å². The Labute approximate surface area is 74.9 Å². The molecule has 1 rings (SSSR count). The maximum Gasteiger partial charge on any atom is 0.417 e. The van der Waals surface area contributed by atoms with Crippen LogP contribution in [0.2, 0.25) is 0 Å². The summed E-state index contributed by atoms with van der Waals surface area (Å²) in [7, 11) is 0. The highest BCUT2D eigenvalue weighted by atomic mass is 19.4. The Bertz CT molecular complexity index is 183. The van der Waals surface area contributed by atoms with Crippen molar-refractivity contribution >= 4 is 0 Å². The van der Waals surface area contributed by atoms with Crippen LogP contribution in [0.4, 0.5) is 13.2 Å². The number of aliphatic hydroxyl groups is 1. The second kappa shape index (κ2) is 3.46. The summed E-state index contributed by atoms with van der Waals surface area (Å²) in [5.74, 6) is 0. The van der Waals surface area contributed by atoms with E-state index < -0.39 is 17.8 Å². The van der Waals surface area contributed by atoms with Crippen molar-refractivity contribution in [2.24, 2.45) is 5.73 Å². The molecule has 13 heavy (non-hydrogen) atoms. The SMILES string of the molecule is N[C@H]1CCCC[C@@](O)(C(F)(F)F)C1. The fraction of sp³-hybridized carbons (Fsp3) is 1.00. The average Bonchev–Trinajstić information content (AvgIpc) is 2.10. The van der Waals surface area contributed by atoms with Crippen LogP contribution >= 0.6 is 0 Å². The third kappa shape index (κ3) is 2.34. The molecule has 1 aliphatic rings. The van der Waals surface area contributed by atoms with E-state index in [-0.39, 0.29) is 12.8 Å². The first kappa shape index (κ1) is 10.8. The van der Waals surface area contributed by atoms with Gasteiger partial charge in [0.2, 0.25) is 0 Å². The van der Waals surface area contributed by atoms with E-state index in [2.05, 4.69) is 0 Å². The second-order valence-electron chi connectivity index (χ2n) is 3.74. The smallest absolute Gasteiger partial charge is 0.380 e. The summed E-state index contributed by atoms with van der Waals surface area (Å²) in [5.41, 5.74) is 2.89. The zero-order chi connectivity index (χ0) is 10.1. The molecule has 0 aliphatic heterocycles. The zero-order valence-corrected chi connectivity index (χ0v) is 7.27. The van der Waals surface area contributed by atoms with Gasteiger partial charge in [0.05, 0.1) is 0 Å². The summed E-state index contributed by atoms with van der Waals surface area (Å²) < 4.78 is 37.1. The summed E-state index contributed by atoms with van der Waals surface area (Å²) in [6, 6.07) is -0.533. The number of nitrogens with two attached hydrogens (primary N) is 1. The number of hydrogen-bond acceptors (Lipinski definition) is 2. The predicted octanol–water partition coefficient (Wildman–Crippen LogP) is 1.57. The van der Waals surface area contributed by atoms with Gasteiger partial charge in [-0.05, 0) is 12.8 Å². The summed E-state index contributed by atoms with van der Waals surface area (Å²) in [4.78, 5) is 0. The van der Waals surface area contributed by atoms with Crippen LogP contribution in [-0.4, -0.2) is 22.9 Å². The normalized spacial score (nSPS) is 37.2. The molecule has 0 unspecified atom stereocenters. The number of halogens is 3. The molecular formula is C8H14F3NO. The van der Waals surface area contributed by atoms with E-state index in [1.54, 1.807) is 0 Å². The fourth-order valence-electron chi connectivity index (χ4n) is 1.72. The van der Waals surface area contributed by atoms with Gasteiger partial charge in [-0.2, -0.15) is 13.2 Å². The predicted molar refractivity (Wildman–Crippen MR) is 42.1 cm³/mol. The molecule has 0 radical (unpaired) electrons. The third-order valence-corrected chi connectivity index (χ3v) is 2.54. The van der Waals surface area contributed by atoms with Gasteiger partial charge in [-0.15, -0.1) is 0 Å². The van der Waals surface area contributed by atoms with Gasteiger partial charge in [0.15, 0.2) is 5.60 Å². The molecule has 0 aromatic heterocycles. The highest BCUT2D eigenvalue weighted by Crippen LogP contribution is 2.39. The molecule has 0 spiro atoms. The average molecular weight is 197 g/mol. The van der Waals surface area contributed by atoms with Crippen molar-refractivity contribution in [1.82, 2.24) is 0 Å². The first-order chi connectivity index (χ1) is 5.85. The minimum absolute atomic E-state index is 0.218. The third-order valence-electron chi connectivity index (χ3n) is 2.54. The zero-order valence-electron chi connectivity index (χ0n) is 7.27. The van der Waals surface area contributed by atoms with E-state index >= 15 is 0 Å². The second-order valence-corrected chi connectivity index (χ2v) is 3.74. The molecule has 0 amide bonds. The quantitative estimate of drug-likeness (QED) is 0.579. The Morgan fingerprint density at radius 2 is 1.92 bits per heavy atom. The van der Waals surface area contributed by atoms with E-state index in [0.717, 1.165) is 0 Å². The molecule has 2 atom stereocenters. The largest absolute Gasteiger partial charge is 0.417 e. The van der Waals surface area contributed by atoms with E-state index in [1.807, 2.05) is 0 Å². The van der Waals surface area contributed by atoms with Crippen LogP contribution in [0, 0.1) is 0 Å². The lowest BCUT2D eigenvalue weighted by Crippen LogP contribution is -2.48. The van der Waals surface area contributed by atoms with Gasteiger partial charge in [-0.3, -0.25) is 0 Å². The fourth-order valence-corrected chi connectivity index (χ4v) is 1.72. The molecule has 78 valence electrons. The first-order valence-corrected chi connectivity index (χ1v) is 4.40. The van der Waals surface area contributed by atoms with Crippen molar-refractivity contribution in [3.63, 3.8) is 0 Å². The Morgan fingerprint density at radius 3 is 2.46 bits per heavy atom. The van der Waals surface area contributed by atoms with E-state index in [1.165, 1.54) is 0 Å². The molecule has 2 nitrogen and oxygen atoms in total. The Kier molecular flexibility index (Phi) is 2.87. The maximum absolute atomic E-state index is 12.4. The van der Waals surface area contributed by atoms with Crippen molar-refractivity contribution < 1.29 is 18.3 Å².